The Hall–Kier alpha value is -2.92. The lowest BCUT2D eigenvalue weighted by Crippen LogP contribution is -2.30. The van der Waals surface area contributed by atoms with Gasteiger partial charge in [0.25, 0.3) is 0 Å². The second-order valence-corrected chi connectivity index (χ2v) is 7.08. The zero-order chi connectivity index (χ0) is 19.4. The smallest absolute Gasteiger partial charge is 0.239 e. The average Bonchev–Trinajstić information content (AvgIpc) is 2.97. The summed E-state index contributed by atoms with van der Waals surface area (Å²) >= 11 is 0. The Morgan fingerprint density at radius 2 is 1.81 bits per heavy atom. The number of carbonyl (C=O) groups excluding carboxylic acids is 1. The van der Waals surface area contributed by atoms with Crippen LogP contribution in [0, 0.1) is 20.8 Å². The van der Waals surface area contributed by atoms with E-state index in [1.807, 2.05) is 54.7 Å². The highest BCUT2D eigenvalue weighted by Gasteiger charge is 2.14. The van der Waals surface area contributed by atoms with Gasteiger partial charge in [-0.05, 0) is 50.6 Å². The summed E-state index contributed by atoms with van der Waals surface area (Å²) in [4.78, 5) is 14.6. The molecule has 1 amide bonds. The lowest BCUT2D eigenvalue weighted by atomic mass is 10.1. The number of likely N-dealkylation sites (N-methyl/N-ethyl adjacent to an activating group) is 1. The monoisotopic (exact) mass is 362 g/mol. The molecular weight excluding hydrogens is 336 g/mol. The fourth-order valence-electron chi connectivity index (χ4n) is 3.10. The normalized spacial score (nSPS) is 11.0. The summed E-state index contributed by atoms with van der Waals surface area (Å²) in [5.41, 5.74) is 5.30. The van der Waals surface area contributed by atoms with Crippen LogP contribution in [0.15, 0.2) is 54.6 Å². The third-order valence-electron chi connectivity index (χ3n) is 4.40. The predicted molar refractivity (Wildman–Crippen MR) is 109 cm³/mol. The Kier molecular flexibility index (Phi) is 5.72. The van der Waals surface area contributed by atoms with Crippen LogP contribution in [-0.2, 0) is 11.3 Å². The first-order valence-corrected chi connectivity index (χ1v) is 9.09. The molecule has 3 rings (SSSR count). The molecular formula is C22H26N4O. The lowest BCUT2D eigenvalue weighted by Gasteiger charge is -2.17. The molecule has 0 bridgehead atoms. The number of hydrogen-bond donors (Lipinski definition) is 1. The number of anilines is 1. The molecule has 0 aliphatic heterocycles. The second kappa shape index (κ2) is 8.18. The number of hydrogen-bond acceptors (Lipinski definition) is 3. The predicted octanol–water partition coefficient (Wildman–Crippen LogP) is 3.87. The molecule has 0 saturated heterocycles. The van der Waals surface area contributed by atoms with Gasteiger partial charge >= 0.3 is 0 Å². The molecule has 3 aromatic rings. The van der Waals surface area contributed by atoms with E-state index in [1.165, 1.54) is 5.56 Å². The van der Waals surface area contributed by atoms with Crippen molar-refractivity contribution in [1.82, 2.24) is 14.7 Å². The van der Waals surface area contributed by atoms with Crippen molar-refractivity contribution in [3.63, 3.8) is 0 Å². The number of nitrogens with one attached hydrogen (secondary N) is 1. The first kappa shape index (κ1) is 18.9. The minimum absolute atomic E-state index is 0.0557. The van der Waals surface area contributed by atoms with Crippen LogP contribution < -0.4 is 5.32 Å². The molecule has 27 heavy (non-hydrogen) atoms. The average molecular weight is 362 g/mol. The number of carbonyl (C=O) groups is 1. The van der Waals surface area contributed by atoms with E-state index in [4.69, 9.17) is 0 Å². The Labute approximate surface area is 160 Å². The molecule has 0 aliphatic carbocycles. The highest BCUT2D eigenvalue weighted by atomic mass is 16.2. The number of aromatic nitrogens is 2. The van der Waals surface area contributed by atoms with E-state index in [9.17, 15) is 4.79 Å². The number of nitrogens with zero attached hydrogens (tertiary/aromatic N) is 3. The first-order valence-electron chi connectivity index (χ1n) is 9.09. The van der Waals surface area contributed by atoms with Crippen molar-refractivity contribution in [3.8, 4) is 5.69 Å². The molecule has 2 aromatic carbocycles. The zero-order valence-corrected chi connectivity index (χ0v) is 16.4. The summed E-state index contributed by atoms with van der Waals surface area (Å²) in [7, 11) is 1.94. The first-order chi connectivity index (χ1) is 12.9. The number of amides is 1. The summed E-state index contributed by atoms with van der Waals surface area (Å²) < 4.78 is 1.81. The number of benzene rings is 2. The van der Waals surface area contributed by atoms with Gasteiger partial charge in [-0.1, -0.05) is 42.5 Å². The Morgan fingerprint density at radius 3 is 2.56 bits per heavy atom. The van der Waals surface area contributed by atoms with E-state index in [0.29, 0.717) is 12.4 Å². The van der Waals surface area contributed by atoms with Crippen molar-refractivity contribution in [2.45, 2.75) is 27.3 Å². The van der Waals surface area contributed by atoms with Crippen molar-refractivity contribution in [2.75, 3.05) is 18.9 Å². The molecule has 0 saturated carbocycles. The SMILES string of the molecule is Cc1ccc(C)c(-n2nc(C)cc2NC(=O)CN(C)Cc2ccccc2)c1. The minimum atomic E-state index is -0.0557. The minimum Gasteiger partial charge on any atom is -0.309 e. The topological polar surface area (TPSA) is 50.2 Å². The second-order valence-electron chi connectivity index (χ2n) is 7.08. The van der Waals surface area contributed by atoms with E-state index in [0.717, 1.165) is 29.1 Å². The van der Waals surface area contributed by atoms with Crippen molar-refractivity contribution >= 4 is 11.7 Å². The third kappa shape index (κ3) is 4.83. The largest absolute Gasteiger partial charge is 0.309 e. The van der Waals surface area contributed by atoms with Gasteiger partial charge in [-0.15, -0.1) is 0 Å². The lowest BCUT2D eigenvalue weighted by molar-refractivity contribution is -0.117. The summed E-state index contributed by atoms with van der Waals surface area (Å²) in [5, 5.41) is 7.58. The van der Waals surface area contributed by atoms with E-state index < -0.39 is 0 Å². The van der Waals surface area contributed by atoms with Crippen molar-refractivity contribution in [2.24, 2.45) is 0 Å². The van der Waals surface area contributed by atoms with Crippen molar-refractivity contribution in [1.29, 1.82) is 0 Å². The highest BCUT2D eigenvalue weighted by molar-refractivity contribution is 5.91. The van der Waals surface area contributed by atoms with Crippen LogP contribution in [0.1, 0.15) is 22.4 Å². The van der Waals surface area contributed by atoms with Gasteiger partial charge in [0.05, 0.1) is 17.9 Å². The molecule has 0 atom stereocenters. The van der Waals surface area contributed by atoms with E-state index in [1.54, 1.807) is 0 Å². The quantitative estimate of drug-likeness (QED) is 0.724. The van der Waals surface area contributed by atoms with Crippen LogP contribution in [0.4, 0.5) is 5.82 Å². The molecule has 0 aliphatic rings. The Balaban J connectivity index is 1.72. The molecule has 5 heteroatoms. The van der Waals surface area contributed by atoms with Crippen LogP contribution >= 0.6 is 0 Å². The molecule has 0 unspecified atom stereocenters. The summed E-state index contributed by atoms with van der Waals surface area (Å²) in [5.74, 6) is 0.638. The van der Waals surface area contributed by atoms with E-state index in [2.05, 4.69) is 47.7 Å². The van der Waals surface area contributed by atoms with Gasteiger partial charge in [0.2, 0.25) is 5.91 Å². The molecule has 1 N–H and O–H groups in total. The number of aryl methyl sites for hydroxylation is 3. The highest BCUT2D eigenvalue weighted by Crippen LogP contribution is 2.21. The van der Waals surface area contributed by atoms with Crippen LogP contribution in [0.3, 0.4) is 0 Å². The molecule has 140 valence electrons. The van der Waals surface area contributed by atoms with Gasteiger partial charge in [0, 0.05) is 12.6 Å². The maximum Gasteiger partial charge on any atom is 0.239 e. The van der Waals surface area contributed by atoms with Gasteiger partial charge in [-0.25, -0.2) is 4.68 Å². The fourth-order valence-corrected chi connectivity index (χ4v) is 3.10. The van der Waals surface area contributed by atoms with Gasteiger partial charge < -0.3 is 5.32 Å². The molecule has 0 spiro atoms. The Bertz CT molecular complexity index is 931. The van der Waals surface area contributed by atoms with Crippen LogP contribution in [-0.4, -0.2) is 34.2 Å². The van der Waals surface area contributed by atoms with Crippen LogP contribution in [0.25, 0.3) is 5.69 Å². The molecule has 0 radical (unpaired) electrons. The van der Waals surface area contributed by atoms with Crippen molar-refractivity contribution < 1.29 is 4.79 Å². The van der Waals surface area contributed by atoms with Gasteiger partial charge in [0.1, 0.15) is 5.82 Å². The summed E-state index contributed by atoms with van der Waals surface area (Å²) in [6, 6.07) is 18.3. The van der Waals surface area contributed by atoms with Gasteiger partial charge in [-0.2, -0.15) is 5.10 Å². The molecule has 1 aromatic heterocycles. The molecule has 0 fully saturated rings. The van der Waals surface area contributed by atoms with Gasteiger partial charge in [-0.3, -0.25) is 9.69 Å². The maximum absolute atomic E-state index is 12.6. The Morgan fingerprint density at radius 1 is 1.07 bits per heavy atom. The zero-order valence-electron chi connectivity index (χ0n) is 16.4. The van der Waals surface area contributed by atoms with E-state index >= 15 is 0 Å². The van der Waals surface area contributed by atoms with Crippen LogP contribution in [0.5, 0.6) is 0 Å². The summed E-state index contributed by atoms with van der Waals surface area (Å²) in [6.45, 7) is 7.06. The maximum atomic E-state index is 12.6. The fraction of sp³-hybridized carbons (Fsp3) is 0.273. The third-order valence-corrected chi connectivity index (χ3v) is 4.40. The van der Waals surface area contributed by atoms with E-state index in [-0.39, 0.29) is 5.91 Å². The molecule has 5 nitrogen and oxygen atoms in total. The van der Waals surface area contributed by atoms with Crippen LogP contribution in [0.2, 0.25) is 0 Å². The van der Waals surface area contributed by atoms with Gasteiger partial charge in [0.15, 0.2) is 0 Å². The summed E-state index contributed by atoms with van der Waals surface area (Å²) in [6.07, 6.45) is 0. The number of rotatable bonds is 6. The van der Waals surface area contributed by atoms with Crippen molar-refractivity contribution in [3.05, 3.63) is 77.0 Å². The standard InChI is InChI=1S/C22H26N4O/c1-16-10-11-17(2)20(12-16)26-21(13-18(3)24-26)23-22(27)15-25(4)14-19-8-6-5-7-9-19/h5-13H,14-15H2,1-4H3,(H,23,27). The molecule has 1 heterocycles.